The maximum Gasteiger partial charge on any atom is 0.312 e. The highest BCUT2D eigenvalue weighted by atomic mass is 16.4. The molecule has 0 bridgehead atoms. The summed E-state index contributed by atoms with van der Waals surface area (Å²) in [6.07, 6.45) is 25.6. The average molecular weight is 597 g/mol. The summed E-state index contributed by atoms with van der Waals surface area (Å²) in [5.74, 6) is -4.51. The van der Waals surface area contributed by atoms with Crippen molar-refractivity contribution < 1.29 is 34.2 Å². The van der Waals surface area contributed by atoms with E-state index in [-0.39, 0.29) is 24.1 Å². The van der Waals surface area contributed by atoms with Gasteiger partial charge in [0.1, 0.15) is 17.8 Å². The maximum atomic E-state index is 12.0. The van der Waals surface area contributed by atoms with Gasteiger partial charge in [-0.25, -0.2) is 0 Å². The molecule has 42 heavy (non-hydrogen) atoms. The summed E-state index contributed by atoms with van der Waals surface area (Å²) in [5, 5.41) is 29.5. The molecule has 7 nitrogen and oxygen atoms in total. The quantitative estimate of drug-likeness (QED) is 0.0433. The van der Waals surface area contributed by atoms with Gasteiger partial charge in [0.25, 0.3) is 0 Å². The van der Waals surface area contributed by atoms with Gasteiger partial charge in [-0.15, -0.1) is 0 Å². The van der Waals surface area contributed by atoms with Crippen LogP contribution < -0.4 is 0 Å². The van der Waals surface area contributed by atoms with E-state index in [1.54, 1.807) is 0 Å². The van der Waals surface area contributed by atoms with Gasteiger partial charge in [-0.1, -0.05) is 110 Å². The van der Waals surface area contributed by atoms with Crippen LogP contribution in [0.15, 0.2) is 12.2 Å². The Kier molecular flexibility index (Phi) is 24.4. The second kappa shape index (κ2) is 25.6. The van der Waals surface area contributed by atoms with E-state index in [4.69, 9.17) is 0 Å². The zero-order chi connectivity index (χ0) is 31.6. The van der Waals surface area contributed by atoms with Crippen LogP contribution in [0, 0.1) is 17.8 Å². The van der Waals surface area contributed by atoms with Crippen LogP contribution in [0.1, 0.15) is 150 Å². The van der Waals surface area contributed by atoms with Crippen LogP contribution in [0.3, 0.4) is 0 Å². The van der Waals surface area contributed by atoms with E-state index in [9.17, 15) is 29.7 Å². The molecule has 0 radical (unpaired) electrons. The first-order chi connectivity index (χ1) is 20.2. The Morgan fingerprint density at radius 1 is 0.500 bits per heavy atom. The molecule has 246 valence electrons. The second-order valence-corrected chi connectivity index (χ2v) is 12.6. The first-order valence-electron chi connectivity index (χ1n) is 17.3. The van der Waals surface area contributed by atoms with E-state index in [2.05, 4.69) is 19.1 Å². The number of quaternary nitrogens is 1. The Hall–Kier alpha value is -1.89. The number of hydrogen-bond donors (Lipinski definition) is 3. The number of unbranched alkanes of at least 4 members (excludes halogenated alkanes) is 14. The molecule has 0 saturated heterocycles. The SMILES string of the molecule is CC/C=C/CCCCCCCCCCCCCCCC[N+](CC(CC)C(=O)O)(CC(CC)C(=O)O)CC(CC)C(=O)O. The van der Waals surface area contributed by atoms with Gasteiger partial charge in [-0.05, 0) is 51.4 Å². The Labute approximate surface area is 257 Å². The lowest BCUT2D eigenvalue weighted by atomic mass is 9.95. The minimum Gasteiger partial charge on any atom is -0.481 e. The van der Waals surface area contributed by atoms with E-state index in [0.717, 1.165) is 25.7 Å². The molecule has 0 spiro atoms. The monoisotopic (exact) mass is 596 g/mol. The molecule has 7 heteroatoms. The van der Waals surface area contributed by atoms with E-state index in [1.165, 1.54) is 77.0 Å². The first-order valence-corrected chi connectivity index (χ1v) is 17.3. The van der Waals surface area contributed by atoms with Gasteiger partial charge >= 0.3 is 17.9 Å². The number of aliphatic carboxylic acids is 3. The molecular formula is C35H66NO6+. The van der Waals surface area contributed by atoms with Gasteiger partial charge in [-0.3, -0.25) is 14.4 Å². The lowest BCUT2D eigenvalue weighted by Crippen LogP contribution is -2.58. The number of rotatable bonds is 30. The molecule has 0 aliphatic heterocycles. The van der Waals surface area contributed by atoms with Crippen molar-refractivity contribution in [1.29, 1.82) is 0 Å². The van der Waals surface area contributed by atoms with Crippen molar-refractivity contribution in [1.82, 2.24) is 0 Å². The maximum absolute atomic E-state index is 12.0. The average Bonchev–Trinajstić information content (AvgIpc) is 2.96. The molecule has 0 aliphatic carbocycles. The summed E-state index contributed by atoms with van der Waals surface area (Å²) in [6, 6.07) is 0. The zero-order valence-electron chi connectivity index (χ0n) is 27.7. The summed E-state index contributed by atoms with van der Waals surface area (Å²) < 4.78 is 0.260. The predicted octanol–water partition coefficient (Wildman–Crippen LogP) is 8.95. The molecule has 0 aromatic carbocycles. The summed E-state index contributed by atoms with van der Waals surface area (Å²) in [4.78, 5) is 36.0. The highest BCUT2D eigenvalue weighted by Gasteiger charge is 2.40. The summed E-state index contributed by atoms with van der Waals surface area (Å²) in [7, 11) is 0. The van der Waals surface area contributed by atoms with Crippen LogP contribution in [0.2, 0.25) is 0 Å². The van der Waals surface area contributed by atoms with E-state index in [1.807, 2.05) is 20.8 Å². The van der Waals surface area contributed by atoms with Gasteiger partial charge < -0.3 is 19.8 Å². The summed E-state index contributed by atoms with van der Waals surface area (Å²) >= 11 is 0. The molecule has 3 N–H and O–H groups in total. The molecule has 0 heterocycles. The van der Waals surface area contributed by atoms with Gasteiger partial charge in [0, 0.05) is 0 Å². The molecular weight excluding hydrogens is 530 g/mol. The van der Waals surface area contributed by atoms with Crippen molar-refractivity contribution in [3.63, 3.8) is 0 Å². The topological polar surface area (TPSA) is 112 Å². The Morgan fingerprint density at radius 3 is 1.10 bits per heavy atom. The van der Waals surface area contributed by atoms with Crippen LogP contribution in [-0.4, -0.2) is 63.9 Å². The van der Waals surface area contributed by atoms with Crippen LogP contribution in [0.4, 0.5) is 0 Å². The largest absolute Gasteiger partial charge is 0.481 e. The van der Waals surface area contributed by atoms with Gasteiger partial charge in [0.15, 0.2) is 0 Å². The Morgan fingerprint density at radius 2 is 0.810 bits per heavy atom. The lowest BCUT2D eigenvalue weighted by molar-refractivity contribution is -0.935. The molecule has 0 aromatic rings. The number of nitrogens with zero attached hydrogens (tertiary/aromatic N) is 1. The van der Waals surface area contributed by atoms with Crippen molar-refractivity contribution in [2.45, 2.75) is 150 Å². The van der Waals surface area contributed by atoms with Crippen LogP contribution >= 0.6 is 0 Å². The highest BCUT2D eigenvalue weighted by Crippen LogP contribution is 2.25. The predicted molar refractivity (Wildman–Crippen MR) is 173 cm³/mol. The number of allylic oxidation sites excluding steroid dienone is 2. The van der Waals surface area contributed by atoms with Gasteiger partial charge in [0.05, 0.1) is 26.2 Å². The van der Waals surface area contributed by atoms with Crippen molar-refractivity contribution in [2.75, 3.05) is 26.2 Å². The Balaban J connectivity index is 4.67. The third-order valence-electron chi connectivity index (χ3n) is 9.00. The smallest absolute Gasteiger partial charge is 0.312 e. The molecule has 0 saturated carbocycles. The van der Waals surface area contributed by atoms with Crippen LogP contribution in [0.5, 0.6) is 0 Å². The van der Waals surface area contributed by atoms with Crippen LogP contribution in [-0.2, 0) is 14.4 Å². The van der Waals surface area contributed by atoms with E-state index >= 15 is 0 Å². The molecule has 0 aromatic heterocycles. The minimum absolute atomic E-state index is 0.260. The fraction of sp³-hybridized carbons (Fsp3) is 0.857. The molecule has 3 atom stereocenters. The van der Waals surface area contributed by atoms with Crippen molar-refractivity contribution in [2.24, 2.45) is 17.8 Å². The second-order valence-electron chi connectivity index (χ2n) is 12.6. The number of carboxylic acid groups (broad SMARTS) is 3. The Bertz CT molecular complexity index is 677. The van der Waals surface area contributed by atoms with Crippen molar-refractivity contribution >= 4 is 17.9 Å². The third-order valence-corrected chi connectivity index (χ3v) is 9.00. The van der Waals surface area contributed by atoms with E-state index < -0.39 is 35.7 Å². The summed E-state index contributed by atoms with van der Waals surface area (Å²) in [6.45, 7) is 9.19. The number of carbonyl (C=O) groups is 3. The molecule has 0 rings (SSSR count). The number of hydrogen-bond acceptors (Lipinski definition) is 3. The molecule has 0 amide bonds. The van der Waals surface area contributed by atoms with Gasteiger partial charge in [0.2, 0.25) is 0 Å². The van der Waals surface area contributed by atoms with Crippen LogP contribution in [0.25, 0.3) is 0 Å². The molecule has 0 fully saturated rings. The zero-order valence-corrected chi connectivity index (χ0v) is 27.7. The molecule has 0 aliphatic rings. The number of carboxylic acids is 3. The third kappa shape index (κ3) is 19.3. The normalized spacial score (nSPS) is 15.3. The minimum atomic E-state index is -0.887. The standard InChI is InChI=1S/C35H65NO6/c1-5-9-10-11-12-13-14-15-16-17-18-19-20-21-22-23-24-25-26-36(27-30(6-2)33(37)38,28-31(7-3)34(39)40)29-32(8-4)35(41)42/h9-10,30-32H,5-8,11-29H2,1-4H3,(H2-,37,38,39,40,41,42)/p+1/b10-9+. The van der Waals surface area contributed by atoms with Crippen molar-refractivity contribution in [3.05, 3.63) is 12.2 Å². The van der Waals surface area contributed by atoms with Crippen molar-refractivity contribution in [3.8, 4) is 0 Å². The highest BCUT2D eigenvalue weighted by molar-refractivity contribution is 5.71. The van der Waals surface area contributed by atoms with Gasteiger partial charge in [-0.2, -0.15) is 0 Å². The lowest BCUT2D eigenvalue weighted by Gasteiger charge is -2.43. The fourth-order valence-corrected chi connectivity index (χ4v) is 6.16. The summed E-state index contributed by atoms with van der Waals surface area (Å²) in [5.41, 5.74) is 0. The fourth-order valence-electron chi connectivity index (χ4n) is 6.16. The van der Waals surface area contributed by atoms with E-state index in [0.29, 0.717) is 25.8 Å². The molecule has 3 unspecified atom stereocenters. The first kappa shape index (κ1) is 40.1.